The Labute approximate surface area is 47.1 Å². The minimum atomic E-state index is -1.00. The molecule has 0 saturated carbocycles. The summed E-state index contributed by atoms with van der Waals surface area (Å²) in [5.74, 6) is -1.00. The van der Waals surface area contributed by atoms with Gasteiger partial charge in [0.15, 0.2) is 0 Å². The van der Waals surface area contributed by atoms with E-state index < -0.39 is 5.97 Å². The molecule has 0 heterocycles. The molecule has 0 atom stereocenters. The Balaban J connectivity index is 3.80. The molecule has 4 heteroatoms. The number of hydrazone groups is 1. The molecule has 3 nitrogen and oxygen atoms in total. The highest BCUT2D eigenvalue weighted by Gasteiger charge is 1.94. The zero-order valence-electron chi connectivity index (χ0n) is 4.83. The second-order valence-electron chi connectivity index (χ2n) is 1.23. The highest BCUT2D eigenvalue weighted by atomic mass is 19.1. The highest BCUT2D eigenvalue weighted by Crippen LogP contribution is 1.78. The van der Waals surface area contributed by atoms with Crippen molar-refractivity contribution in [3.05, 3.63) is 0 Å². The molecule has 0 aliphatic carbocycles. The Kier molecular flexibility index (Phi) is 2.76. The molecule has 0 spiro atoms. The van der Waals surface area contributed by atoms with Crippen molar-refractivity contribution in [1.82, 2.24) is 5.43 Å². The fourth-order valence-corrected chi connectivity index (χ4v) is 0.217. The van der Waals surface area contributed by atoms with Gasteiger partial charge in [-0.3, -0.25) is 5.41 Å². The molecule has 2 N–H and O–H groups in total. The zero-order valence-corrected chi connectivity index (χ0v) is 4.83. The Morgan fingerprint density at radius 3 is 2.38 bits per heavy atom. The predicted molar refractivity (Wildman–Crippen MR) is 31.0 cm³/mol. The first-order valence-electron chi connectivity index (χ1n) is 2.14. The SMILES string of the molecule is CN/N=C(/C)C(=N)F. The van der Waals surface area contributed by atoms with E-state index in [1.807, 2.05) is 0 Å². The monoisotopic (exact) mass is 117 g/mol. The van der Waals surface area contributed by atoms with Gasteiger partial charge in [-0.15, -0.1) is 0 Å². The van der Waals surface area contributed by atoms with Gasteiger partial charge in [0.2, 0.25) is 5.97 Å². The number of nitrogens with zero attached hydrogens (tertiary/aromatic N) is 1. The maximum absolute atomic E-state index is 11.7. The van der Waals surface area contributed by atoms with Crippen LogP contribution in [0, 0.1) is 5.41 Å². The van der Waals surface area contributed by atoms with Crippen molar-refractivity contribution in [2.45, 2.75) is 6.92 Å². The molecular formula is C4H8FN3. The van der Waals surface area contributed by atoms with E-state index in [9.17, 15) is 4.39 Å². The van der Waals surface area contributed by atoms with Crippen LogP contribution in [-0.4, -0.2) is 18.7 Å². The van der Waals surface area contributed by atoms with Crippen LogP contribution in [0.4, 0.5) is 4.39 Å². The van der Waals surface area contributed by atoms with Crippen molar-refractivity contribution in [2.75, 3.05) is 7.05 Å². The van der Waals surface area contributed by atoms with Gasteiger partial charge in [0.05, 0.1) is 0 Å². The summed E-state index contributed by atoms with van der Waals surface area (Å²) < 4.78 is 11.7. The van der Waals surface area contributed by atoms with Crippen LogP contribution in [0.15, 0.2) is 5.10 Å². The Morgan fingerprint density at radius 2 is 2.25 bits per heavy atom. The van der Waals surface area contributed by atoms with Crippen molar-refractivity contribution < 1.29 is 4.39 Å². The van der Waals surface area contributed by atoms with Gasteiger partial charge in [-0.05, 0) is 6.92 Å². The van der Waals surface area contributed by atoms with Crippen molar-refractivity contribution in [3.8, 4) is 0 Å². The molecule has 0 radical (unpaired) electrons. The molecule has 8 heavy (non-hydrogen) atoms. The Hall–Kier alpha value is -0.930. The quantitative estimate of drug-likeness (QED) is 0.402. The lowest BCUT2D eigenvalue weighted by Crippen LogP contribution is -2.07. The van der Waals surface area contributed by atoms with E-state index >= 15 is 0 Å². The Bertz CT molecular complexity index is 118. The van der Waals surface area contributed by atoms with Crippen LogP contribution in [0.5, 0.6) is 0 Å². The van der Waals surface area contributed by atoms with E-state index in [-0.39, 0.29) is 5.71 Å². The summed E-state index contributed by atoms with van der Waals surface area (Å²) in [6, 6.07) is 0. The van der Waals surface area contributed by atoms with Crippen molar-refractivity contribution in [1.29, 1.82) is 5.41 Å². The summed E-state index contributed by atoms with van der Waals surface area (Å²) in [4.78, 5) is 0. The molecule has 0 aliphatic heterocycles. The number of hydrogen-bond acceptors (Lipinski definition) is 3. The second kappa shape index (κ2) is 3.12. The van der Waals surface area contributed by atoms with Gasteiger partial charge >= 0.3 is 0 Å². The predicted octanol–water partition coefficient (Wildman–Crippen LogP) is 0.528. The first kappa shape index (κ1) is 7.07. The largest absolute Gasteiger partial charge is 0.313 e. The third-order valence-electron chi connectivity index (χ3n) is 0.597. The standard InChI is InChI=1S/C4H8FN3/c1-3(4(5)6)8-7-2/h6-7H,1-2H3/b6-4?,8-3-. The van der Waals surface area contributed by atoms with E-state index in [4.69, 9.17) is 5.41 Å². The average molecular weight is 117 g/mol. The van der Waals surface area contributed by atoms with Crippen LogP contribution in [0.3, 0.4) is 0 Å². The van der Waals surface area contributed by atoms with Crippen molar-refractivity contribution in [3.63, 3.8) is 0 Å². The van der Waals surface area contributed by atoms with Gasteiger partial charge in [-0.2, -0.15) is 9.49 Å². The van der Waals surface area contributed by atoms with E-state index in [0.29, 0.717) is 0 Å². The molecule has 0 fully saturated rings. The number of nitrogens with one attached hydrogen (secondary N) is 2. The molecule has 0 aromatic carbocycles. The molecular weight excluding hydrogens is 109 g/mol. The first-order valence-corrected chi connectivity index (χ1v) is 2.14. The molecule has 0 unspecified atom stereocenters. The zero-order chi connectivity index (χ0) is 6.57. The molecule has 0 aliphatic rings. The van der Waals surface area contributed by atoms with Crippen LogP contribution in [-0.2, 0) is 0 Å². The number of rotatable bonds is 2. The molecule has 0 rings (SSSR count). The molecule has 0 aromatic heterocycles. The fraction of sp³-hybridized carbons (Fsp3) is 0.500. The minimum absolute atomic E-state index is 0.0625. The normalized spacial score (nSPS) is 11.1. The summed E-state index contributed by atoms with van der Waals surface area (Å²) in [6.45, 7) is 1.42. The summed E-state index contributed by atoms with van der Waals surface area (Å²) >= 11 is 0. The third kappa shape index (κ3) is 2.28. The summed E-state index contributed by atoms with van der Waals surface area (Å²) in [6.07, 6.45) is 0. The number of halogens is 1. The first-order chi connectivity index (χ1) is 3.68. The fourth-order valence-electron chi connectivity index (χ4n) is 0.217. The topological polar surface area (TPSA) is 48.2 Å². The van der Waals surface area contributed by atoms with Gasteiger partial charge in [0.25, 0.3) is 0 Å². The smallest absolute Gasteiger partial charge is 0.228 e. The molecule has 0 aromatic rings. The van der Waals surface area contributed by atoms with Gasteiger partial charge < -0.3 is 5.43 Å². The van der Waals surface area contributed by atoms with E-state index in [2.05, 4.69) is 10.5 Å². The Morgan fingerprint density at radius 1 is 1.75 bits per heavy atom. The lowest BCUT2D eigenvalue weighted by atomic mass is 10.4. The molecule has 0 bridgehead atoms. The van der Waals surface area contributed by atoms with Gasteiger partial charge in [0.1, 0.15) is 5.71 Å². The number of hydrogen-bond donors (Lipinski definition) is 2. The average Bonchev–Trinajstić information content (AvgIpc) is 1.67. The van der Waals surface area contributed by atoms with Gasteiger partial charge in [-0.25, -0.2) is 0 Å². The van der Waals surface area contributed by atoms with Gasteiger partial charge in [0, 0.05) is 7.05 Å². The molecule has 46 valence electrons. The van der Waals surface area contributed by atoms with E-state index in [1.54, 1.807) is 7.05 Å². The van der Waals surface area contributed by atoms with Gasteiger partial charge in [-0.1, -0.05) is 0 Å². The lowest BCUT2D eigenvalue weighted by molar-refractivity contribution is 0.804. The van der Waals surface area contributed by atoms with Crippen LogP contribution < -0.4 is 5.43 Å². The van der Waals surface area contributed by atoms with Crippen LogP contribution in [0.2, 0.25) is 0 Å². The van der Waals surface area contributed by atoms with Crippen LogP contribution in [0.1, 0.15) is 6.92 Å². The van der Waals surface area contributed by atoms with Crippen molar-refractivity contribution >= 4 is 11.7 Å². The second-order valence-corrected chi connectivity index (χ2v) is 1.23. The summed E-state index contributed by atoms with van der Waals surface area (Å²) in [5, 5.41) is 9.76. The van der Waals surface area contributed by atoms with Crippen LogP contribution in [0.25, 0.3) is 0 Å². The lowest BCUT2D eigenvalue weighted by Gasteiger charge is -1.89. The molecule has 0 amide bonds. The highest BCUT2D eigenvalue weighted by molar-refractivity contribution is 6.36. The summed E-state index contributed by atoms with van der Waals surface area (Å²) in [7, 11) is 1.55. The third-order valence-corrected chi connectivity index (χ3v) is 0.597. The maximum Gasteiger partial charge on any atom is 0.228 e. The van der Waals surface area contributed by atoms with Crippen LogP contribution >= 0.6 is 0 Å². The van der Waals surface area contributed by atoms with Crippen molar-refractivity contribution in [2.24, 2.45) is 5.10 Å². The minimum Gasteiger partial charge on any atom is -0.313 e. The molecule has 0 saturated heterocycles. The maximum atomic E-state index is 11.7. The van der Waals surface area contributed by atoms with E-state index in [0.717, 1.165) is 0 Å². The van der Waals surface area contributed by atoms with E-state index in [1.165, 1.54) is 6.92 Å². The summed E-state index contributed by atoms with van der Waals surface area (Å²) in [5.41, 5.74) is 2.42.